The highest BCUT2D eigenvalue weighted by Crippen LogP contribution is 2.14. The summed E-state index contributed by atoms with van der Waals surface area (Å²) in [6, 6.07) is 11.2. The van der Waals surface area contributed by atoms with E-state index in [-0.39, 0.29) is 11.5 Å². The van der Waals surface area contributed by atoms with Crippen molar-refractivity contribution < 1.29 is 28.3 Å². The number of anilines is 2. The predicted octanol–water partition coefficient (Wildman–Crippen LogP) is 2.08. The van der Waals surface area contributed by atoms with Gasteiger partial charge in [0.15, 0.2) is 6.10 Å². The van der Waals surface area contributed by atoms with Crippen LogP contribution < -0.4 is 16.0 Å². The van der Waals surface area contributed by atoms with Crippen LogP contribution in [0.4, 0.5) is 15.8 Å². The van der Waals surface area contributed by atoms with Crippen molar-refractivity contribution in [3.63, 3.8) is 0 Å². The molecule has 2 aromatic rings. The molecule has 0 heterocycles. The molecule has 0 fully saturated rings. The van der Waals surface area contributed by atoms with E-state index in [1.165, 1.54) is 26.0 Å². The standard InChI is InChI=1S/C20H20FN3O5/c1-12(19(27)24-17-9-7-16(8-10-17)23-13(2)25)29-18(26)11-22-20(28)14-3-5-15(21)6-4-14/h3-10,12H,11H2,1-2H3,(H,22,28)(H,23,25)(H,24,27)/t12-/m1/s1. The number of hydrogen-bond donors (Lipinski definition) is 3. The summed E-state index contributed by atoms with van der Waals surface area (Å²) in [6.45, 7) is 2.33. The molecular formula is C20H20FN3O5. The second kappa shape index (κ2) is 9.98. The molecule has 9 heteroatoms. The number of amides is 3. The summed E-state index contributed by atoms with van der Waals surface area (Å²) in [5, 5.41) is 7.50. The van der Waals surface area contributed by atoms with Gasteiger partial charge in [-0.25, -0.2) is 4.39 Å². The Labute approximate surface area is 166 Å². The summed E-state index contributed by atoms with van der Waals surface area (Å²) >= 11 is 0. The maximum Gasteiger partial charge on any atom is 0.326 e. The predicted molar refractivity (Wildman–Crippen MR) is 104 cm³/mol. The Morgan fingerprint density at radius 3 is 2.03 bits per heavy atom. The molecule has 0 spiro atoms. The highest BCUT2D eigenvalue weighted by Gasteiger charge is 2.18. The summed E-state index contributed by atoms with van der Waals surface area (Å²) in [7, 11) is 0. The molecule has 8 nitrogen and oxygen atoms in total. The SMILES string of the molecule is CC(=O)Nc1ccc(NC(=O)[C@@H](C)OC(=O)CNC(=O)c2ccc(F)cc2)cc1. The maximum atomic E-state index is 12.8. The summed E-state index contributed by atoms with van der Waals surface area (Å²) in [5.74, 6) is -2.63. The van der Waals surface area contributed by atoms with Crippen molar-refractivity contribution in [2.75, 3.05) is 17.2 Å². The second-order valence-electron chi connectivity index (χ2n) is 6.07. The first-order valence-corrected chi connectivity index (χ1v) is 8.66. The smallest absolute Gasteiger partial charge is 0.326 e. The monoisotopic (exact) mass is 401 g/mol. The Morgan fingerprint density at radius 1 is 0.931 bits per heavy atom. The number of benzene rings is 2. The van der Waals surface area contributed by atoms with Crippen LogP contribution in [0.25, 0.3) is 0 Å². The van der Waals surface area contributed by atoms with Gasteiger partial charge in [0.25, 0.3) is 11.8 Å². The molecule has 1 atom stereocenters. The fourth-order valence-electron chi connectivity index (χ4n) is 2.23. The number of carbonyl (C=O) groups is 4. The Morgan fingerprint density at radius 2 is 1.48 bits per heavy atom. The minimum absolute atomic E-state index is 0.188. The van der Waals surface area contributed by atoms with E-state index < -0.39 is 36.2 Å². The average molecular weight is 401 g/mol. The summed E-state index contributed by atoms with van der Waals surface area (Å²) in [6.07, 6.45) is -1.10. The van der Waals surface area contributed by atoms with Gasteiger partial charge in [0.1, 0.15) is 12.4 Å². The lowest BCUT2D eigenvalue weighted by molar-refractivity contribution is -0.152. The van der Waals surface area contributed by atoms with E-state index in [1.807, 2.05) is 0 Å². The topological polar surface area (TPSA) is 114 Å². The van der Waals surface area contributed by atoms with Gasteiger partial charge in [-0.15, -0.1) is 0 Å². The number of nitrogens with one attached hydrogen (secondary N) is 3. The molecule has 0 saturated heterocycles. The number of carbonyl (C=O) groups excluding carboxylic acids is 4. The minimum atomic E-state index is -1.10. The molecule has 152 valence electrons. The normalized spacial score (nSPS) is 11.1. The molecule has 0 aliphatic heterocycles. The van der Waals surface area contributed by atoms with Gasteiger partial charge in [0.05, 0.1) is 0 Å². The molecule has 0 unspecified atom stereocenters. The first-order valence-electron chi connectivity index (χ1n) is 8.66. The lowest BCUT2D eigenvalue weighted by Crippen LogP contribution is -2.35. The van der Waals surface area contributed by atoms with Crippen molar-refractivity contribution in [3.8, 4) is 0 Å². The number of halogens is 1. The Balaban J connectivity index is 1.79. The molecular weight excluding hydrogens is 381 g/mol. The van der Waals surface area contributed by atoms with Gasteiger partial charge in [-0.05, 0) is 55.5 Å². The van der Waals surface area contributed by atoms with Gasteiger partial charge in [-0.1, -0.05) is 0 Å². The quantitative estimate of drug-likeness (QED) is 0.615. The van der Waals surface area contributed by atoms with Gasteiger partial charge < -0.3 is 20.7 Å². The van der Waals surface area contributed by atoms with Crippen LogP contribution >= 0.6 is 0 Å². The Hall–Kier alpha value is -3.75. The summed E-state index contributed by atoms with van der Waals surface area (Å²) in [4.78, 5) is 46.8. The zero-order valence-electron chi connectivity index (χ0n) is 15.8. The van der Waals surface area contributed by atoms with Crippen molar-refractivity contribution in [2.24, 2.45) is 0 Å². The molecule has 0 bridgehead atoms. The zero-order chi connectivity index (χ0) is 21.4. The van der Waals surface area contributed by atoms with E-state index in [2.05, 4.69) is 16.0 Å². The fraction of sp³-hybridized carbons (Fsp3) is 0.200. The number of esters is 1. The van der Waals surface area contributed by atoms with Crippen molar-refractivity contribution in [2.45, 2.75) is 20.0 Å². The second-order valence-corrected chi connectivity index (χ2v) is 6.07. The van der Waals surface area contributed by atoms with Crippen LogP contribution in [0, 0.1) is 5.82 Å². The minimum Gasteiger partial charge on any atom is -0.451 e. The van der Waals surface area contributed by atoms with Crippen LogP contribution in [-0.4, -0.2) is 36.3 Å². The molecule has 0 aliphatic rings. The molecule has 29 heavy (non-hydrogen) atoms. The van der Waals surface area contributed by atoms with E-state index in [1.54, 1.807) is 24.3 Å². The van der Waals surface area contributed by atoms with E-state index in [4.69, 9.17) is 4.74 Å². The summed E-state index contributed by atoms with van der Waals surface area (Å²) < 4.78 is 17.8. The molecule has 0 aliphatic carbocycles. The van der Waals surface area contributed by atoms with Crippen LogP contribution in [0.2, 0.25) is 0 Å². The van der Waals surface area contributed by atoms with Gasteiger partial charge in [-0.2, -0.15) is 0 Å². The number of ether oxygens (including phenoxy) is 1. The van der Waals surface area contributed by atoms with Gasteiger partial charge >= 0.3 is 5.97 Å². The number of rotatable bonds is 7. The molecule has 2 aromatic carbocycles. The fourth-order valence-corrected chi connectivity index (χ4v) is 2.23. The third-order valence-electron chi connectivity index (χ3n) is 3.65. The van der Waals surface area contributed by atoms with Crippen LogP contribution in [0.1, 0.15) is 24.2 Å². The lowest BCUT2D eigenvalue weighted by Gasteiger charge is -2.14. The maximum absolute atomic E-state index is 12.8. The highest BCUT2D eigenvalue weighted by molar-refractivity contribution is 5.97. The molecule has 3 amide bonds. The van der Waals surface area contributed by atoms with E-state index >= 15 is 0 Å². The van der Waals surface area contributed by atoms with Crippen LogP contribution in [0.3, 0.4) is 0 Å². The van der Waals surface area contributed by atoms with Gasteiger partial charge in [0.2, 0.25) is 5.91 Å². The third kappa shape index (κ3) is 7.06. The highest BCUT2D eigenvalue weighted by atomic mass is 19.1. The molecule has 0 radical (unpaired) electrons. The van der Waals surface area contributed by atoms with E-state index in [9.17, 15) is 23.6 Å². The van der Waals surface area contributed by atoms with Gasteiger partial charge in [-0.3, -0.25) is 19.2 Å². The number of hydrogen-bond acceptors (Lipinski definition) is 5. The average Bonchev–Trinajstić information content (AvgIpc) is 2.67. The molecule has 0 aromatic heterocycles. The van der Waals surface area contributed by atoms with E-state index in [0.717, 1.165) is 12.1 Å². The van der Waals surface area contributed by atoms with Crippen molar-refractivity contribution >= 4 is 35.1 Å². The third-order valence-corrected chi connectivity index (χ3v) is 3.65. The first kappa shape index (κ1) is 21.5. The largest absolute Gasteiger partial charge is 0.451 e. The first-order chi connectivity index (χ1) is 13.7. The van der Waals surface area contributed by atoms with Gasteiger partial charge in [0, 0.05) is 23.9 Å². The zero-order valence-corrected chi connectivity index (χ0v) is 15.8. The molecule has 0 saturated carbocycles. The molecule has 2 rings (SSSR count). The lowest BCUT2D eigenvalue weighted by atomic mass is 10.2. The van der Waals surface area contributed by atoms with Crippen molar-refractivity contribution in [3.05, 3.63) is 59.9 Å². The molecule has 3 N–H and O–H groups in total. The van der Waals surface area contributed by atoms with Crippen LogP contribution in [-0.2, 0) is 19.1 Å². The summed E-state index contributed by atoms with van der Waals surface area (Å²) in [5.41, 5.74) is 1.22. The van der Waals surface area contributed by atoms with Crippen LogP contribution in [0.5, 0.6) is 0 Å². The Bertz CT molecular complexity index is 897. The Kier molecular flexibility index (Phi) is 7.41. The van der Waals surface area contributed by atoms with Crippen molar-refractivity contribution in [1.29, 1.82) is 0 Å². The van der Waals surface area contributed by atoms with Crippen molar-refractivity contribution in [1.82, 2.24) is 5.32 Å². The van der Waals surface area contributed by atoms with E-state index in [0.29, 0.717) is 11.4 Å². The van der Waals surface area contributed by atoms with Crippen LogP contribution in [0.15, 0.2) is 48.5 Å².